The van der Waals surface area contributed by atoms with E-state index in [0.717, 1.165) is 5.56 Å². The van der Waals surface area contributed by atoms with Gasteiger partial charge in [0.15, 0.2) is 0 Å². The summed E-state index contributed by atoms with van der Waals surface area (Å²) >= 11 is 5.90. The van der Waals surface area contributed by atoms with Crippen LogP contribution < -0.4 is 19.5 Å². The van der Waals surface area contributed by atoms with Gasteiger partial charge in [-0.1, -0.05) is 41.9 Å². The Kier molecular flexibility index (Phi) is 9.32. The summed E-state index contributed by atoms with van der Waals surface area (Å²) in [5.41, 5.74) is -0.655. The van der Waals surface area contributed by atoms with Crippen LogP contribution in [0.15, 0.2) is 90.0 Å². The molecule has 3 N–H and O–H groups in total. The average Bonchev–Trinajstić information content (AvgIpc) is 3.00. The highest BCUT2D eigenvalue weighted by atomic mass is 35.5. The topological polar surface area (TPSA) is 127 Å². The lowest BCUT2D eigenvalue weighted by molar-refractivity contribution is -0.137. The number of halogens is 4. The van der Waals surface area contributed by atoms with Gasteiger partial charge in [-0.05, 0) is 74.4 Å². The van der Waals surface area contributed by atoms with Gasteiger partial charge in [-0.2, -0.15) is 13.2 Å². The van der Waals surface area contributed by atoms with E-state index in [9.17, 15) is 31.5 Å². The number of nitrogens with one attached hydrogen (secondary N) is 2. The molecule has 242 valence electrons. The molecule has 0 spiro atoms. The second-order valence-electron chi connectivity index (χ2n) is 11.1. The number of hydrogen-bond acceptors (Lipinski definition) is 7. The first-order valence-electron chi connectivity index (χ1n) is 14.0. The highest BCUT2D eigenvalue weighted by Crippen LogP contribution is 2.41. The van der Waals surface area contributed by atoms with E-state index < -0.39 is 39.5 Å². The van der Waals surface area contributed by atoms with Crippen LogP contribution in [0.5, 0.6) is 17.4 Å². The highest BCUT2D eigenvalue weighted by Gasteiger charge is 2.45. The maximum absolute atomic E-state index is 13.5. The van der Waals surface area contributed by atoms with Crippen LogP contribution >= 0.6 is 11.6 Å². The first-order valence-corrected chi connectivity index (χ1v) is 15.9. The summed E-state index contributed by atoms with van der Waals surface area (Å²) < 4.78 is 79.7. The molecule has 0 radical (unpaired) electrons. The number of pyridine rings is 1. The van der Waals surface area contributed by atoms with Crippen molar-refractivity contribution in [1.82, 2.24) is 15.0 Å². The summed E-state index contributed by atoms with van der Waals surface area (Å²) in [7, 11) is -4.27. The number of nitrogens with zero attached hydrogens (tertiary/aromatic N) is 1. The number of benzene rings is 3. The zero-order valence-corrected chi connectivity index (χ0v) is 26.1. The van der Waals surface area contributed by atoms with Crippen molar-refractivity contribution in [3.63, 3.8) is 0 Å². The minimum atomic E-state index is -4.64. The molecule has 2 heterocycles. The maximum Gasteiger partial charge on any atom is 0.417 e. The van der Waals surface area contributed by atoms with E-state index in [1.54, 1.807) is 26.0 Å². The van der Waals surface area contributed by atoms with Gasteiger partial charge in [-0.25, -0.2) is 18.1 Å². The second kappa shape index (κ2) is 12.9. The fourth-order valence-corrected chi connectivity index (χ4v) is 6.25. The van der Waals surface area contributed by atoms with Crippen LogP contribution in [0.3, 0.4) is 0 Å². The van der Waals surface area contributed by atoms with Gasteiger partial charge in [0.25, 0.3) is 5.91 Å². The normalized spacial score (nSPS) is 17.5. The van der Waals surface area contributed by atoms with E-state index in [2.05, 4.69) is 15.0 Å². The SMILES string of the molecule is CC1(C)Oc2ccc(C(=O)NCCc3ccccc3)cc2[C@@H](NS(=O)(=O)c2ccc(Oc3ncc(C(F)(F)F)cc3Cl)cc2)[C@@H]1O. The molecule has 0 bridgehead atoms. The van der Waals surface area contributed by atoms with Gasteiger partial charge < -0.3 is 19.9 Å². The molecule has 46 heavy (non-hydrogen) atoms. The molecular formula is C32H29ClF3N3O6S. The van der Waals surface area contributed by atoms with Crippen molar-refractivity contribution in [2.45, 2.75) is 49.1 Å². The summed E-state index contributed by atoms with van der Waals surface area (Å²) in [6.45, 7) is 3.60. The zero-order chi connectivity index (χ0) is 33.3. The zero-order valence-electron chi connectivity index (χ0n) is 24.5. The summed E-state index contributed by atoms with van der Waals surface area (Å²) in [5.74, 6) is -0.313. The van der Waals surface area contributed by atoms with Crippen LogP contribution in [-0.4, -0.2) is 42.7 Å². The number of rotatable bonds is 9. The van der Waals surface area contributed by atoms with Crippen molar-refractivity contribution in [3.05, 3.63) is 112 Å². The Morgan fingerprint density at radius 2 is 1.76 bits per heavy atom. The first kappa shape index (κ1) is 33.2. The van der Waals surface area contributed by atoms with E-state index in [1.165, 1.54) is 30.3 Å². The molecule has 5 rings (SSSR count). The molecule has 0 saturated carbocycles. The van der Waals surface area contributed by atoms with Crippen LogP contribution in [-0.2, 0) is 22.6 Å². The minimum absolute atomic E-state index is 0.0635. The number of amides is 1. The van der Waals surface area contributed by atoms with Crippen LogP contribution in [0.1, 0.15) is 46.9 Å². The molecule has 4 aromatic rings. The highest BCUT2D eigenvalue weighted by molar-refractivity contribution is 7.89. The molecule has 14 heteroatoms. The summed E-state index contributed by atoms with van der Waals surface area (Å²) in [6.07, 6.45) is -4.79. The van der Waals surface area contributed by atoms with E-state index in [-0.39, 0.29) is 38.6 Å². The third-order valence-electron chi connectivity index (χ3n) is 7.32. The van der Waals surface area contributed by atoms with Gasteiger partial charge in [0.1, 0.15) is 28.2 Å². The molecule has 0 saturated heterocycles. The van der Waals surface area contributed by atoms with E-state index >= 15 is 0 Å². The number of carbonyl (C=O) groups excluding carboxylic acids is 1. The van der Waals surface area contributed by atoms with E-state index in [4.69, 9.17) is 21.1 Å². The van der Waals surface area contributed by atoms with Gasteiger partial charge in [-0.3, -0.25) is 4.79 Å². The number of ether oxygens (including phenoxy) is 2. The summed E-state index contributed by atoms with van der Waals surface area (Å²) in [4.78, 5) is 16.4. The third-order valence-corrected chi connectivity index (χ3v) is 9.04. The molecule has 1 aliphatic heterocycles. The third kappa shape index (κ3) is 7.44. The quantitative estimate of drug-likeness (QED) is 0.197. The van der Waals surface area contributed by atoms with Gasteiger partial charge in [-0.15, -0.1) is 0 Å². The average molecular weight is 676 g/mol. The smallest absolute Gasteiger partial charge is 0.417 e. The van der Waals surface area contributed by atoms with Crippen molar-refractivity contribution in [2.75, 3.05) is 6.54 Å². The molecule has 0 unspecified atom stereocenters. The first-order chi connectivity index (χ1) is 21.6. The molecule has 9 nitrogen and oxygen atoms in total. The molecule has 2 atom stereocenters. The predicted molar refractivity (Wildman–Crippen MR) is 163 cm³/mol. The minimum Gasteiger partial charge on any atom is -0.485 e. The second-order valence-corrected chi connectivity index (χ2v) is 13.2. The van der Waals surface area contributed by atoms with E-state index in [0.29, 0.717) is 31.0 Å². The molecule has 1 amide bonds. The number of aliphatic hydroxyl groups excluding tert-OH is 1. The Balaban J connectivity index is 1.33. The van der Waals surface area contributed by atoms with Crippen LogP contribution in [0, 0.1) is 0 Å². The van der Waals surface area contributed by atoms with Crippen molar-refractivity contribution in [1.29, 1.82) is 0 Å². The van der Waals surface area contributed by atoms with Gasteiger partial charge in [0.05, 0.1) is 16.5 Å². The molecule has 0 aliphatic carbocycles. The lowest BCUT2D eigenvalue weighted by Crippen LogP contribution is -2.53. The maximum atomic E-state index is 13.5. The number of aromatic nitrogens is 1. The molecule has 1 aliphatic rings. The fraction of sp³-hybridized carbons (Fsp3) is 0.250. The number of sulfonamides is 1. The number of hydrogen-bond donors (Lipinski definition) is 3. The van der Waals surface area contributed by atoms with Crippen LogP contribution in [0.2, 0.25) is 5.02 Å². The molecular weight excluding hydrogens is 647 g/mol. The summed E-state index contributed by atoms with van der Waals surface area (Å²) in [5, 5.41) is 13.7. The van der Waals surface area contributed by atoms with Crippen LogP contribution in [0.4, 0.5) is 13.2 Å². The molecule has 0 fully saturated rings. The van der Waals surface area contributed by atoms with Crippen molar-refractivity contribution < 1.29 is 41.0 Å². The Hall–Kier alpha value is -4.17. The van der Waals surface area contributed by atoms with Gasteiger partial charge >= 0.3 is 6.18 Å². The van der Waals surface area contributed by atoms with Gasteiger partial charge in [0.2, 0.25) is 15.9 Å². The largest absolute Gasteiger partial charge is 0.485 e. The Labute approximate surface area is 268 Å². The lowest BCUT2D eigenvalue weighted by Gasteiger charge is -2.42. The standard InChI is InChI=1S/C32H29ClF3N3O6S/c1-31(2)28(40)27(24-16-20(8-13-26(24)45-31)29(41)37-15-14-19-6-4-3-5-7-19)39-46(42,43)23-11-9-22(10-12-23)44-30-25(33)17-21(18-38-30)32(34,35)36/h3-13,16-18,27-28,39-40H,14-15H2,1-2H3,(H,37,41)/t27-,28+/m1/s1. The Morgan fingerprint density at radius 1 is 1.07 bits per heavy atom. The number of alkyl halides is 3. The Morgan fingerprint density at radius 3 is 2.41 bits per heavy atom. The van der Waals surface area contributed by atoms with Crippen molar-refractivity contribution in [2.24, 2.45) is 0 Å². The summed E-state index contributed by atoms with van der Waals surface area (Å²) in [6, 6.07) is 18.7. The lowest BCUT2D eigenvalue weighted by atomic mass is 9.86. The van der Waals surface area contributed by atoms with Gasteiger partial charge in [0, 0.05) is 23.9 Å². The fourth-order valence-electron chi connectivity index (χ4n) is 4.83. The monoisotopic (exact) mass is 675 g/mol. The Bertz CT molecular complexity index is 1840. The predicted octanol–water partition coefficient (Wildman–Crippen LogP) is 6.07. The molecule has 1 aromatic heterocycles. The number of aliphatic hydroxyl groups is 1. The van der Waals surface area contributed by atoms with E-state index in [1.807, 2.05) is 30.3 Å². The van der Waals surface area contributed by atoms with Crippen LogP contribution in [0.25, 0.3) is 0 Å². The number of carbonyl (C=O) groups is 1. The van der Waals surface area contributed by atoms with Crippen molar-refractivity contribution >= 4 is 27.5 Å². The number of fused-ring (bicyclic) bond motifs is 1. The van der Waals surface area contributed by atoms with Crippen molar-refractivity contribution in [3.8, 4) is 17.4 Å². The molecule has 3 aromatic carbocycles.